The molecule has 0 bridgehead atoms. The minimum absolute atomic E-state index is 0.0324. The molecule has 2 rings (SSSR count). The van der Waals surface area contributed by atoms with Crippen molar-refractivity contribution in [1.29, 1.82) is 0 Å². The summed E-state index contributed by atoms with van der Waals surface area (Å²) in [6, 6.07) is 0. The molecule has 0 aromatic heterocycles. The number of hydrogen-bond donors (Lipinski definition) is 1. The summed E-state index contributed by atoms with van der Waals surface area (Å²) in [6.07, 6.45) is -0.350. The van der Waals surface area contributed by atoms with E-state index in [1.54, 1.807) is 0 Å². The van der Waals surface area contributed by atoms with Crippen molar-refractivity contribution in [3.8, 4) is 0 Å². The first-order valence-electron chi connectivity index (χ1n) is 3.66. The summed E-state index contributed by atoms with van der Waals surface area (Å²) in [5.74, 6) is -0.109. The zero-order valence-corrected chi connectivity index (χ0v) is 7.12. The van der Waals surface area contributed by atoms with Crippen LogP contribution in [0.15, 0.2) is 5.16 Å². The number of aliphatic hydroxyl groups is 1. The molecule has 5 nitrogen and oxygen atoms in total. The molecule has 1 saturated heterocycles. The Morgan fingerprint density at radius 1 is 1.58 bits per heavy atom. The molecular formula is C6H9NO4S. The second-order valence-electron chi connectivity index (χ2n) is 3.07. The number of hydrogen-bond acceptors (Lipinski definition) is 5. The summed E-state index contributed by atoms with van der Waals surface area (Å²) in [5.41, 5.74) is 0.459. The van der Waals surface area contributed by atoms with Crippen LogP contribution in [0.1, 0.15) is 0 Å². The predicted octanol–water partition coefficient (Wildman–Crippen LogP) is -1.22. The lowest BCUT2D eigenvalue weighted by atomic mass is 10.0. The van der Waals surface area contributed by atoms with E-state index in [0.717, 1.165) is 0 Å². The highest BCUT2D eigenvalue weighted by Crippen LogP contribution is 2.28. The predicted molar refractivity (Wildman–Crippen MR) is 41.5 cm³/mol. The minimum atomic E-state index is -2.97. The molecule has 0 spiro atoms. The maximum absolute atomic E-state index is 11.1. The first kappa shape index (κ1) is 8.00. The zero-order chi connectivity index (χ0) is 8.77. The molecule has 2 atom stereocenters. The first-order valence-corrected chi connectivity index (χ1v) is 5.48. The Morgan fingerprint density at radius 2 is 2.33 bits per heavy atom. The molecule has 0 aromatic rings. The fourth-order valence-electron chi connectivity index (χ4n) is 1.58. The van der Waals surface area contributed by atoms with Crippen molar-refractivity contribution in [2.45, 2.75) is 6.10 Å². The molecule has 2 heterocycles. The average Bonchev–Trinajstić information content (AvgIpc) is 2.42. The van der Waals surface area contributed by atoms with Crippen molar-refractivity contribution in [2.24, 2.45) is 11.1 Å². The second-order valence-corrected chi connectivity index (χ2v) is 5.22. The second kappa shape index (κ2) is 2.43. The van der Waals surface area contributed by atoms with Crippen molar-refractivity contribution in [3.05, 3.63) is 0 Å². The number of nitrogens with zero attached hydrogens (tertiary/aromatic N) is 1. The van der Waals surface area contributed by atoms with Crippen LogP contribution in [0.25, 0.3) is 0 Å². The highest BCUT2D eigenvalue weighted by molar-refractivity contribution is 7.91. The van der Waals surface area contributed by atoms with Gasteiger partial charge in [0.25, 0.3) is 0 Å². The third kappa shape index (κ3) is 1.11. The van der Waals surface area contributed by atoms with Gasteiger partial charge in [-0.3, -0.25) is 0 Å². The molecule has 1 fully saturated rings. The van der Waals surface area contributed by atoms with Crippen LogP contribution in [-0.2, 0) is 14.7 Å². The van der Waals surface area contributed by atoms with Gasteiger partial charge in [0.2, 0.25) is 0 Å². The Bertz CT molecular complexity index is 320. The summed E-state index contributed by atoms with van der Waals surface area (Å²) in [6.45, 7) is -0.212. The lowest BCUT2D eigenvalue weighted by Gasteiger charge is -2.03. The number of aliphatic hydroxyl groups excluding tert-OH is 1. The van der Waals surface area contributed by atoms with Gasteiger partial charge >= 0.3 is 0 Å². The van der Waals surface area contributed by atoms with Gasteiger partial charge in [0.15, 0.2) is 15.9 Å². The van der Waals surface area contributed by atoms with Crippen molar-refractivity contribution in [2.75, 3.05) is 18.1 Å². The van der Waals surface area contributed by atoms with E-state index in [-0.39, 0.29) is 30.1 Å². The minimum Gasteiger partial charge on any atom is -0.391 e. The normalized spacial score (nSPS) is 37.2. The Morgan fingerprint density at radius 3 is 3.00 bits per heavy atom. The SMILES string of the molecule is O=S1(=O)CC2ON=C(CO)C2C1. The molecule has 6 heteroatoms. The Hall–Kier alpha value is -0.620. The number of sulfone groups is 1. The quantitative estimate of drug-likeness (QED) is 0.563. The Balaban J connectivity index is 2.23. The van der Waals surface area contributed by atoms with Crippen LogP contribution in [-0.4, -0.2) is 43.5 Å². The van der Waals surface area contributed by atoms with Gasteiger partial charge in [0.1, 0.15) is 0 Å². The topological polar surface area (TPSA) is 76.0 Å². The number of rotatable bonds is 1. The van der Waals surface area contributed by atoms with Gasteiger partial charge in [-0.2, -0.15) is 0 Å². The number of oxime groups is 1. The highest BCUT2D eigenvalue weighted by atomic mass is 32.2. The lowest BCUT2D eigenvalue weighted by Crippen LogP contribution is -2.23. The average molecular weight is 191 g/mol. The maximum atomic E-state index is 11.1. The summed E-state index contributed by atoms with van der Waals surface area (Å²) in [4.78, 5) is 4.86. The third-order valence-electron chi connectivity index (χ3n) is 2.20. The first-order chi connectivity index (χ1) is 5.62. The van der Waals surface area contributed by atoms with Crippen LogP contribution >= 0.6 is 0 Å². The smallest absolute Gasteiger partial charge is 0.154 e. The van der Waals surface area contributed by atoms with E-state index in [4.69, 9.17) is 9.94 Å². The van der Waals surface area contributed by atoms with Crippen molar-refractivity contribution in [3.63, 3.8) is 0 Å². The Kier molecular flexibility index (Phi) is 1.62. The number of fused-ring (bicyclic) bond motifs is 1. The summed E-state index contributed by atoms with van der Waals surface area (Å²) < 4.78 is 22.2. The molecule has 2 aliphatic heterocycles. The molecule has 0 radical (unpaired) electrons. The van der Waals surface area contributed by atoms with Gasteiger partial charge < -0.3 is 9.94 Å². The van der Waals surface area contributed by atoms with Crippen LogP contribution in [0.5, 0.6) is 0 Å². The lowest BCUT2D eigenvalue weighted by molar-refractivity contribution is 0.0882. The molecule has 68 valence electrons. The molecule has 0 saturated carbocycles. The molecule has 0 aliphatic carbocycles. The molecule has 1 N–H and O–H groups in total. The van der Waals surface area contributed by atoms with E-state index in [9.17, 15) is 8.42 Å². The Labute approximate surface area is 69.9 Å². The highest BCUT2D eigenvalue weighted by Gasteiger charge is 2.45. The monoisotopic (exact) mass is 191 g/mol. The molecule has 2 unspecified atom stereocenters. The van der Waals surface area contributed by atoms with E-state index >= 15 is 0 Å². The van der Waals surface area contributed by atoms with Crippen LogP contribution < -0.4 is 0 Å². The van der Waals surface area contributed by atoms with E-state index in [1.165, 1.54) is 0 Å². The van der Waals surface area contributed by atoms with Gasteiger partial charge in [0.05, 0.1) is 29.7 Å². The van der Waals surface area contributed by atoms with Crippen molar-refractivity contribution < 1.29 is 18.4 Å². The van der Waals surface area contributed by atoms with E-state index in [1.807, 2.05) is 0 Å². The van der Waals surface area contributed by atoms with Gasteiger partial charge in [-0.25, -0.2) is 8.42 Å². The van der Waals surface area contributed by atoms with E-state index in [0.29, 0.717) is 5.71 Å². The summed E-state index contributed by atoms with van der Waals surface area (Å²) >= 11 is 0. The van der Waals surface area contributed by atoms with Crippen LogP contribution in [0.3, 0.4) is 0 Å². The third-order valence-corrected chi connectivity index (χ3v) is 3.90. The van der Waals surface area contributed by atoms with Crippen LogP contribution in [0.4, 0.5) is 0 Å². The van der Waals surface area contributed by atoms with Gasteiger partial charge in [-0.1, -0.05) is 5.16 Å². The standard InChI is InChI=1S/C6H9NO4S/c8-1-5-4-2-12(9,10)3-6(4)11-7-5/h4,6,8H,1-3H2. The molecule has 0 aromatic carbocycles. The van der Waals surface area contributed by atoms with Crippen molar-refractivity contribution in [1.82, 2.24) is 0 Å². The summed E-state index contributed by atoms with van der Waals surface area (Å²) in [5, 5.41) is 12.4. The van der Waals surface area contributed by atoms with Crippen molar-refractivity contribution >= 4 is 15.5 Å². The molecule has 12 heavy (non-hydrogen) atoms. The fraction of sp³-hybridized carbons (Fsp3) is 0.833. The van der Waals surface area contributed by atoms with E-state index < -0.39 is 9.84 Å². The van der Waals surface area contributed by atoms with Gasteiger partial charge in [-0.05, 0) is 0 Å². The van der Waals surface area contributed by atoms with Gasteiger partial charge in [0, 0.05) is 0 Å². The largest absolute Gasteiger partial charge is 0.391 e. The molecule has 2 aliphatic rings. The molecular weight excluding hydrogens is 182 g/mol. The molecule has 0 amide bonds. The van der Waals surface area contributed by atoms with Gasteiger partial charge in [-0.15, -0.1) is 0 Å². The van der Waals surface area contributed by atoms with Crippen LogP contribution in [0.2, 0.25) is 0 Å². The van der Waals surface area contributed by atoms with E-state index in [2.05, 4.69) is 5.16 Å². The van der Waals surface area contributed by atoms with Crippen LogP contribution in [0, 0.1) is 5.92 Å². The zero-order valence-electron chi connectivity index (χ0n) is 6.30. The summed E-state index contributed by atoms with van der Waals surface area (Å²) in [7, 11) is -2.97. The maximum Gasteiger partial charge on any atom is 0.154 e. The fourth-order valence-corrected chi connectivity index (χ4v) is 3.46.